The van der Waals surface area contributed by atoms with Gasteiger partial charge in [-0.25, -0.2) is 8.42 Å². The van der Waals surface area contributed by atoms with E-state index in [0.29, 0.717) is 16.9 Å². The van der Waals surface area contributed by atoms with Crippen LogP contribution in [-0.4, -0.2) is 20.6 Å². The van der Waals surface area contributed by atoms with E-state index < -0.39 is 10.0 Å². The Morgan fingerprint density at radius 1 is 1.05 bits per heavy atom. The third-order valence-electron chi connectivity index (χ3n) is 2.51. The minimum Gasteiger partial charge on any atom is -0.322 e. The van der Waals surface area contributed by atoms with Crippen molar-refractivity contribution in [1.29, 1.82) is 0 Å². The Labute approximate surface area is 137 Å². The van der Waals surface area contributed by atoms with Gasteiger partial charge in [0.1, 0.15) is 0 Å². The number of hydrogen-bond donors (Lipinski definition) is 2. The molecule has 0 aliphatic heterocycles. The Balaban J connectivity index is 2.18. The lowest BCUT2D eigenvalue weighted by molar-refractivity contribution is 0.102. The molecule has 0 spiro atoms. The molecule has 5 nitrogen and oxygen atoms in total. The molecule has 2 aromatic rings. The average Bonchev–Trinajstić information content (AvgIpc) is 2.37. The normalized spacial score (nSPS) is 11.0. The van der Waals surface area contributed by atoms with Crippen molar-refractivity contribution in [2.24, 2.45) is 0 Å². The van der Waals surface area contributed by atoms with E-state index in [1.807, 2.05) is 18.2 Å². The molecule has 2 aromatic carbocycles. The number of rotatable bonds is 4. The highest BCUT2D eigenvalue weighted by atomic mass is 127. The van der Waals surface area contributed by atoms with Crippen LogP contribution >= 0.6 is 22.6 Å². The summed E-state index contributed by atoms with van der Waals surface area (Å²) in [5, 5.41) is 2.77. The molecule has 0 aliphatic rings. The SMILES string of the molecule is CS(=O)(=O)Nc1cccc(C(=O)Nc2cccc(I)c2)c1. The molecule has 0 aliphatic carbocycles. The van der Waals surface area contributed by atoms with Gasteiger partial charge in [0.25, 0.3) is 5.91 Å². The van der Waals surface area contributed by atoms with Crippen LogP contribution < -0.4 is 10.0 Å². The van der Waals surface area contributed by atoms with Crippen molar-refractivity contribution in [1.82, 2.24) is 0 Å². The van der Waals surface area contributed by atoms with Gasteiger partial charge >= 0.3 is 0 Å². The molecule has 7 heteroatoms. The Morgan fingerprint density at radius 2 is 1.71 bits per heavy atom. The first-order valence-corrected chi connectivity index (χ1v) is 8.95. The lowest BCUT2D eigenvalue weighted by atomic mass is 10.2. The highest BCUT2D eigenvalue weighted by molar-refractivity contribution is 14.1. The summed E-state index contributed by atoms with van der Waals surface area (Å²) >= 11 is 2.16. The van der Waals surface area contributed by atoms with Crippen molar-refractivity contribution in [3.05, 3.63) is 57.7 Å². The molecule has 2 rings (SSSR count). The molecular formula is C14H13IN2O3S. The maximum absolute atomic E-state index is 12.2. The van der Waals surface area contributed by atoms with Gasteiger partial charge in [0.2, 0.25) is 10.0 Å². The molecule has 0 aromatic heterocycles. The van der Waals surface area contributed by atoms with Crippen LogP contribution in [0.25, 0.3) is 0 Å². The highest BCUT2D eigenvalue weighted by Gasteiger charge is 2.08. The second-order valence-corrected chi connectivity index (χ2v) is 7.41. The van der Waals surface area contributed by atoms with Gasteiger partial charge in [-0.2, -0.15) is 0 Å². The number of carbonyl (C=O) groups is 1. The maximum atomic E-state index is 12.2. The van der Waals surface area contributed by atoms with E-state index in [2.05, 4.69) is 32.6 Å². The summed E-state index contributed by atoms with van der Waals surface area (Å²) < 4.78 is 25.7. The first kappa shape index (κ1) is 15.8. The molecule has 1 amide bonds. The summed E-state index contributed by atoms with van der Waals surface area (Å²) in [5.41, 5.74) is 1.42. The van der Waals surface area contributed by atoms with E-state index in [1.165, 1.54) is 6.07 Å². The molecule has 21 heavy (non-hydrogen) atoms. The second kappa shape index (κ2) is 6.44. The molecule has 0 heterocycles. The van der Waals surface area contributed by atoms with E-state index in [1.54, 1.807) is 24.3 Å². The van der Waals surface area contributed by atoms with Crippen LogP contribution in [0.3, 0.4) is 0 Å². The summed E-state index contributed by atoms with van der Waals surface area (Å²) in [6, 6.07) is 13.7. The van der Waals surface area contributed by atoms with Crippen molar-refractivity contribution in [3.63, 3.8) is 0 Å². The van der Waals surface area contributed by atoms with Crippen molar-refractivity contribution >= 4 is 49.9 Å². The first-order chi connectivity index (χ1) is 9.83. The molecule has 110 valence electrons. The molecule has 0 saturated heterocycles. The van der Waals surface area contributed by atoms with E-state index in [9.17, 15) is 13.2 Å². The van der Waals surface area contributed by atoms with Crippen LogP contribution in [0, 0.1) is 3.57 Å². The van der Waals surface area contributed by atoms with Gasteiger partial charge in [-0.1, -0.05) is 12.1 Å². The molecule has 0 fully saturated rings. The predicted molar refractivity (Wildman–Crippen MR) is 92.0 cm³/mol. The van der Waals surface area contributed by atoms with Crippen molar-refractivity contribution in [2.45, 2.75) is 0 Å². The zero-order chi connectivity index (χ0) is 15.5. The number of carbonyl (C=O) groups excluding carboxylic acids is 1. The highest BCUT2D eigenvalue weighted by Crippen LogP contribution is 2.16. The lowest BCUT2D eigenvalue weighted by Gasteiger charge is -2.08. The number of halogens is 1. The summed E-state index contributed by atoms with van der Waals surface area (Å²) in [7, 11) is -3.37. The minimum atomic E-state index is -3.37. The molecule has 0 saturated carbocycles. The van der Waals surface area contributed by atoms with E-state index >= 15 is 0 Å². The van der Waals surface area contributed by atoms with Gasteiger partial charge in [0.15, 0.2) is 0 Å². The molecular weight excluding hydrogens is 403 g/mol. The number of sulfonamides is 1. The largest absolute Gasteiger partial charge is 0.322 e. The number of benzene rings is 2. The number of nitrogens with one attached hydrogen (secondary N) is 2. The van der Waals surface area contributed by atoms with Gasteiger partial charge in [0, 0.05) is 20.5 Å². The van der Waals surface area contributed by atoms with E-state index in [0.717, 1.165) is 9.83 Å². The Morgan fingerprint density at radius 3 is 2.38 bits per heavy atom. The Bertz CT molecular complexity index is 775. The van der Waals surface area contributed by atoms with Crippen LogP contribution in [0.2, 0.25) is 0 Å². The number of hydrogen-bond acceptors (Lipinski definition) is 3. The van der Waals surface area contributed by atoms with Crippen LogP contribution in [0.1, 0.15) is 10.4 Å². The molecule has 0 radical (unpaired) electrons. The fourth-order valence-corrected chi connectivity index (χ4v) is 2.81. The van der Waals surface area contributed by atoms with Gasteiger partial charge in [-0.3, -0.25) is 9.52 Å². The Hall–Kier alpha value is -1.61. The summed E-state index contributed by atoms with van der Waals surface area (Å²) in [5.74, 6) is -0.297. The van der Waals surface area contributed by atoms with Crippen LogP contribution in [0.5, 0.6) is 0 Å². The van der Waals surface area contributed by atoms with Gasteiger partial charge in [-0.05, 0) is 59.0 Å². The monoisotopic (exact) mass is 416 g/mol. The van der Waals surface area contributed by atoms with E-state index in [4.69, 9.17) is 0 Å². The molecule has 0 bridgehead atoms. The third kappa shape index (κ3) is 5.01. The summed E-state index contributed by atoms with van der Waals surface area (Å²) in [6.07, 6.45) is 1.06. The smallest absolute Gasteiger partial charge is 0.255 e. The fourth-order valence-electron chi connectivity index (χ4n) is 1.71. The third-order valence-corrected chi connectivity index (χ3v) is 3.79. The van der Waals surface area contributed by atoms with Crippen molar-refractivity contribution in [2.75, 3.05) is 16.3 Å². The standard InChI is InChI=1S/C14H13IN2O3S/c1-21(19,20)17-13-7-2-4-10(8-13)14(18)16-12-6-3-5-11(15)9-12/h2-9,17H,1H3,(H,16,18). The Kier molecular flexibility index (Phi) is 4.84. The van der Waals surface area contributed by atoms with Crippen molar-refractivity contribution < 1.29 is 13.2 Å². The summed E-state index contributed by atoms with van der Waals surface area (Å²) in [6.45, 7) is 0. The van der Waals surface area contributed by atoms with Gasteiger partial charge in [0.05, 0.1) is 6.26 Å². The molecule has 0 unspecified atom stereocenters. The average molecular weight is 416 g/mol. The summed E-state index contributed by atoms with van der Waals surface area (Å²) in [4.78, 5) is 12.2. The first-order valence-electron chi connectivity index (χ1n) is 5.98. The van der Waals surface area contributed by atoms with Crippen LogP contribution in [0.4, 0.5) is 11.4 Å². The zero-order valence-corrected chi connectivity index (χ0v) is 14.1. The van der Waals surface area contributed by atoms with Crippen LogP contribution in [-0.2, 0) is 10.0 Å². The topological polar surface area (TPSA) is 75.3 Å². The minimum absolute atomic E-state index is 0.297. The van der Waals surface area contributed by atoms with Crippen molar-refractivity contribution in [3.8, 4) is 0 Å². The van der Waals surface area contributed by atoms with E-state index in [-0.39, 0.29) is 5.91 Å². The second-order valence-electron chi connectivity index (χ2n) is 4.42. The number of amides is 1. The molecule has 2 N–H and O–H groups in total. The lowest BCUT2D eigenvalue weighted by Crippen LogP contribution is -2.14. The molecule has 0 atom stereocenters. The maximum Gasteiger partial charge on any atom is 0.255 e. The zero-order valence-electron chi connectivity index (χ0n) is 11.1. The van der Waals surface area contributed by atoms with Gasteiger partial charge in [-0.15, -0.1) is 0 Å². The quantitative estimate of drug-likeness (QED) is 0.753. The predicted octanol–water partition coefficient (Wildman–Crippen LogP) is 2.92. The fraction of sp³-hybridized carbons (Fsp3) is 0.0714. The number of anilines is 2. The van der Waals surface area contributed by atoms with Gasteiger partial charge < -0.3 is 5.32 Å². The van der Waals surface area contributed by atoms with Crippen LogP contribution in [0.15, 0.2) is 48.5 Å².